The Bertz CT molecular complexity index is 1830. The molecule has 1 N–H and O–H groups in total. The molecule has 0 amide bonds. The fraction of sp³-hybridized carbons (Fsp3) is 0.194. The largest absolute Gasteiger partial charge is 0.497 e. The molecule has 5 aromatic rings. The van der Waals surface area contributed by atoms with Crippen LogP contribution in [0.1, 0.15) is 0 Å². The summed E-state index contributed by atoms with van der Waals surface area (Å²) in [5.41, 5.74) is 3.30. The highest BCUT2D eigenvalue weighted by molar-refractivity contribution is 7.97. The molecule has 0 aliphatic carbocycles. The van der Waals surface area contributed by atoms with Crippen LogP contribution in [-0.4, -0.2) is 68.1 Å². The van der Waals surface area contributed by atoms with Crippen LogP contribution in [0.25, 0.3) is 22.2 Å². The normalized spacial score (nSPS) is 14.0. The van der Waals surface area contributed by atoms with Gasteiger partial charge in [-0.1, -0.05) is 24.3 Å². The number of hydrogen-bond acceptors (Lipinski definition) is 10. The SMILES string of the molecule is COc1ccc(SN2CCN(c3cnc4ccc(-c5cnc(OC)c(NS(=O)(=O)c6ccccc6)c5)cc4n3)CC2)cc1. The maximum Gasteiger partial charge on any atom is 0.262 e. The Morgan fingerprint density at radius 3 is 2.28 bits per heavy atom. The third kappa shape index (κ3) is 6.51. The number of aromatic nitrogens is 3. The summed E-state index contributed by atoms with van der Waals surface area (Å²) >= 11 is 1.75. The molecule has 0 bridgehead atoms. The lowest BCUT2D eigenvalue weighted by Crippen LogP contribution is -2.43. The van der Waals surface area contributed by atoms with Crippen LogP contribution >= 0.6 is 11.9 Å². The molecule has 2 aromatic heterocycles. The van der Waals surface area contributed by atoms with Crippen LogP contribution in [0.3, 0.4) is 0 Å². The molecule has 43 heavy (non-hydrogen) atoms. The van der Waals surface area contributed by atoms with Crippen molar-refractivity contribution < 1.29 is 17.9 Å². The van der Waals surface area contributed by atoms with Gasteiger partial charge in [0.15, 0.2) is 0 Å². The average molecular weight is 615 g/mol. The van der Waals surface area contributed by atoms with E-state index in [9.17, 15) is 8.42 Å². The van der Waals surface area contributed by atoms with Crippen molar-refractivity contribution >= 4 is 44.5 Å². The minimum Gasteiger partial charge on any atom is -0.497 e. The Morgan fingerprint density at radius 1 is 0.791 bits per heavy atom. The second kappa shape index (κ2) is 12.5. The van der Waals surface area contributed by atoms with Crippen molar-refractivity contribution in [3.63, 3.8) is 0 Å². The smallest absolute Gasteiger partial charge is 0.262 e. The second-order valence-corrected chi connectivity index (χ2v) is 12.7. The molecule has 0 unspecified atom stereocenters. The van der Waals surface area contributed by atoms with E-state index < -0.39 is 10.0 Å². The highest BCUT2D eigenvalue weighted by Crippen LogP contribution is 2.32. The summed E-state index contributed by atoms with van der Waals surface area (Å²) < 4.78 is 41.5. The van der Waals surface area contributed by atoms with Crippen LogP contribution in [0.4, 0.5) is 11.5 Å². The molecule has 6 rings (SSSR count). The van der Waals surface area contributed by atoms with Crippen LogP contribution in [0.2, 0.25) is 0 Å². The van der Waals surface area contributed by atoms with Crippen molar-refractivity contribution in [2.75, 3.05) is 50.0 Å². The summed E-state index contributed by atoms with van der Waals surface area (Å²) in [7, 11) is -0.708. The van der Waals surface area contributed by atoms with E-state index in [4.69, 9.17) is 14.5 Å². The molecule has 1 aliphatic rings. The first-order valence-corrected chi connectivity index (χ1v) is 15.9. The van der Waals surface area contributed by atoms with E-state index in [0.717, 1.165) is 54.3 Å². The Labute approximate surface area is 254 Å². The summed E-state index contributed by atoms with van der Waals surface area (Å²) in [6.45, 7) is 3.43. The van der Waals surface area contributed by atoms with Crippen LogP contribution in [0, 0.1) is 0 Å². The fourth-order valence-corrected chi connectivity index (χ4v) is 6.75. The third-order valence-electron chi connectivity index (χ3n) is 7.06. The standard InChI is InChI=1S/C31H30N6O4S2/c1-40-24-9-11-25(12-10-24)42-37-16-14-36(15-17-37)30-21-32-27-13-8-22(18-28(27)34-30)23-19-29(31(41-2)33-20-23)35-43(38,39)26-6-4-3-5-7-26/h3-13,18-21,35H,14-17H2,1-2H3. The summed E-state index contributed by atoms with van der Waals surface area (Å²) in [5.74, 6) is 1.85. The number of hydrogen-bond donors (Lipinski definition) is 1. The van der Waals surface area contributed by atoms with Gasteiger partial charge in [-0.2, -0.15) is 0 Å². The van der Waals surface area contributed by atoms with Gasteiger partial charge in [-0.25, -0.2) is 22.7 Å². The Kier molecular flexibility index (Phi) is 8.32. The van der Waals surface area contributed by atoms with Crippen molar-refractivity contribution in [3.8, 4) is 22.8 Å². The van der Waals surface area contributed by atoms with Gasteiger partial charge in [-0.05, 0) is 72.1 Å². The van der Waals surface area contributed by atoms with Crippen molar-refractivity contribution in [1.82, 2.24) is 19.3 Å². The number of piperazine rings is 1. The van der Waals surface area contributed by atoms with Crippen molar-refractivity contribution in [3.05, 3.63) is 91.3 Å². The first kappa shape index (κ1) is 28.7. The Balaban J connectivity index is 1.19. The lowest BCUT2D eigenvalue weighted by Gasteiger charge is -2.34. The number of anilines is 2. The molecule has 1 fully saturated rings. The van der Waals surface area contributed by atoms with Crippen molar-refractivity contribution in [2.24, 2.45) is 0 Å². The van der Waals surface area contributed by atoms with E-state index in [0.29, 0.717) is 5.56 Å². The average Bonchev–Trinajstić information content (AvgIpc) is 3.05. The maximum atomic E-state index is 13.0. The van der Waals surface area contributed by atoms with E-state index >= 15 is 0 Å². The number of rotatable bonds is 9. The number of nitrogens with one attached hydrogen (secondary N) is 1. The lowest BCUT2D eigenvalue weighted by atomic mass is 10.1. The van der Waals surface area contributed by atoms with E-state index in [1.165, 1.54) is 24.1 Å². The molecule has 0 radical (unpaired) electrons. The summed E-state index contributed by atoms with van der Waals surface area (Å²) in [5, 5.41) is 0. The second-order valence-electron chi connectivity index (χ2n) is 9.81. The Hall–Kier alpha value is -4.39. The first-order valence-electron chi connectivity index (χ1n) is 13.6. The van der Waals surface area contributed by atoms with Crippen LogP contribution < -0.4 is 19.1 Å². The predicted octanol–water partition coefficient (Wildman–Crippen LogP) is 5.34. The molecule has 3 aromatic carbocycles. The van der Waals surface area contributed by atoms with Crippen LogP contribution in [0.15, 0.2) is 101 Å². The lowest BCUT2D eigenvalue weighted by molar-refractivity contribution is 0.400. The summed E-state index contributed by atoms with van der Waals surface area (Å²) in [6.07, 6.45) is 3.47. The maximum absolute atomic E-state index is 13.0. The zero-order chi connectivity index (χ0) is 29.8. The van der Waals surface area contributed by atoms with Crippen molar-refractivity contribution in [2.45, 2.75) is 9.79 Å². The van der Waals surface area contributed by atoms with E-state index in [1.54, 1.807) is 49.5 Å². The molecule has 0 atom stereocenters. The highest BCUT2D eigenvalue weighted by atomic mass is 32.2. The van der Waals surface area contributed by atoms with Gasteiger partial charge in [0, 0.05) is 42.8 Å². The van der Waals surface area contributed by atoms with E-state index in [-0.39, 0.29) is 16.5 Å². The number of methoxy groups -OCH3 is 2. The minimum absolute atomic E-state index is 0.149. The number of fused-ring (bicyclic) bond motifs is 1. The quantitative estimate of drug-likeness (QED) is 0.219. The number of ether oxygens (including phenoxy) is 2. The van der Waals surface area contributed by atoms with Gasteiger partial charge in [-0.3, -0.25) is 9.71 Å². The molecule has 3 heterocycles. The predicted molar refractivity (Wildman–Crippen MR) is 169 cm³/mol. The van der Waals surface area contributed by atoms with Gasteiger partial charge in [0.2, 0.25) is 5.88 Å². The monoisotopic (exact) mass is 614 g/mol. The molecular formula is C31H30N6O4S2. The fourth-order valence-electron chi connectivity index (χ4n) is 4.78. The van der Waals surface area contributed by atoms with Gasteiger partial charge in [-0.15, -0.1) is 0 Å². The molecule has 12 heteroatoms. The van der Waals surface area contributed by atoms with Gasteiger partial charge in [0.25, 0.3) is 10.0 Å². The van der Waals surface area contributed by atoms with Crippen molar-refractivity contribution in [1.29, 1.82) is 0 Å². The molecular weight excluding hydrogens is 585 g/mol. The number of benzene rings is 3. The molecule has 10 nitrogen and oxygen atoms in total. The summed E-state index contributed by atoms with van der Waals surface area (Å²) in [6, 6.07) is 23.8. The zero-order valence-corrected chi connectivity index (χ0v) is 25.3. The topological polar surface area (TPSA) is 110 Å². The molecule has 1 saturated heterocycles. The van der Waals surface area contributed by atoms with Gasteiger partial charge in [0.1, 0.15) is 17.3 Å². The number of nitrogens with zero attached hydrogens (tertiary/aromatic N) is 5. The molecule has 0 saturated carbocycles. The van der Waals surface area contributed by atoms with Gasteiger partial charge >= 0.3 is 0 Å². The minimum atomic E-state index is -3.83. The van der Waals surface area contributed by atoms with Gasteiger partial charge < -0.3 is 14.4 Å². The number of pyridine rings is 1. The first-order chi connectivity index (χ1) is 20.9. The van der Waals surface area contributed by atoms with E-state index in [1.807, 2.05) is 36.5 Å². The highest BCUT2D eigenvalue weighted by Gasteiger charge is 2.21. The Morgan fingerprint density at radius 2 is 1.56 bits per heavy atom. The van der Waals surface area contributed by atoms with E-state index in [2.05, 4.69) is 36.0 Å². The molecule has 0 spiro atoms. The molecule has 1 aliphatic heterocycles. The summed E-state index contributed by atoms with van der Waals surface area (Å²) in [4.78, 5) is 17.5. The van der Waals surface area contributed by atoms with Crippen LogP contribution in [0.5, 0.6) is 11.6 Å². The number of sulfonamides is 1. The van der Waals surface area contributed by atoms with Gasteiger partial charge in [0.05, 0.1) is 36.3 Å². The van der Waals surface area contributed by atoms with Crippen LogP contribution in [-0.2, 0) is 10.0 Å². The molecule has 220 valence electrons. The zero-order valence-electron chi connectivity index (χ0n) is 23.7. The third-order valence-corrected chi connectivity index (χ3v) is 9.55.